The average molecular weight is 328 g/mol. The van der Waals surface area contributed by atoms with E-state index in [1.165, 1.54) is 6.07 Å². The molecule has 0 fully saturated rings. The zero-order valence-electron chi connectivity index (χ0n) is 10.8. The Kier molecular flexibility index (Phi) is 6.14. The Morgan fingerprint density at radius 3 is 2.40 bits per heavy atom. The number of benzene rings is 1. The summed E-state index contributed by atoms with van der Waals surface area (Å²) in [6.45, 7) is 1.85. The van der Waals surface area contributed by atoms with Crippen LogP contribution in [0.1, 0.15) is 24.5 Å². The van der Waals surface area contributed by atoms with E-state index in [1.807, 2.05) is 6.92 Å². The number of halogens is 5. The minimum atomic E-state index is -4.56. The van der Waals surface area contributed by atoms with Crippen molar-refractivity contribution in [1.82, 2.24) is 0 Å². The average Bonchev–Trinajstić information content (AvgIpc) is 2.39. The molecule has 0 spiro atoms. The van der Waals surface area contributed by atoms with E-state index >= 15 is 0 Å². The van der Waals surface area contributed by atoms with Crippen LogP contribution in [0.15, 0.2) is 18.2 Å². The van der Waals surface area contributed by atoms with Gasteiger partial charge in [-0.15, -0.1) is 23.2 Å². The Hall–Kier alpha value is -0.940. The lowest BCUT2D eigenvalue weighted by molar-refractivity contribution is -0.137. The van der Waals surface area contributed by atoms with Crippen LogP contribution in [0.2, 0.25) is 0 Å². The van der Waals surface area contributed by atoms with Crippen molar-refractivity contribution < 1.29 is 18.0 Å². The van der Waals surface area contributed by atoms with Crippen molar-refractivity contribution in [3.63, 3.8) is 0 Å². The number of carbonyl (C=O) groups is 1. The van der Waals surface area contributed by atoms with Crippen molar-refractivity contribution in [1.29, 1.82) is 0 Å². The maximum absolute atomic E-state index is 13.1. The van der Waals surface area contributed by atoms with Crippen molar-refractivity contribution in [3.8, 4) is 0 Å². The quantitative estimate of drug-likeness (QED) is 0.578. The number of amides is 1. The number of hydrogen-bond donors (Lipinski definition) is 0. The number of nitrogens with zero attached hydrogens (tertiary/aromatic N) is 1. The molecule has 0 N–H and O–H groups in total. The first-order chi connectivity index (χ1) is 9.36. The highest BCUT2D eigenvalue weighted by Crippen LogP contribution is 2.39. The first-order valence-electron chi connectivity index (χ1n) is 5.98. The van der Waals surface area contributed by atoms with Gasteiger partial charge in [-0.2, -0.15) is 13.2 Å². The number of aryl methyl sites for hydroxylation is 1. The largest absolute Gasteiger partial charge is 0.418 e. The zero-order valence-corrected chi connectivity index (χ0v) is 12.3. The van der Waals surface area contributed by atoms with E-state index in [-0.39, 0.29) is 11.7 Å². The molecule has 0 radical (unpaired) electrons. The second kappa shape index (κ2) is 7.18. The number of alkyl halides is 5. The molecule has 20 heavy (non-hydrogen) atoms. The Bertz CT molecular complexity index is 477. The van der Waals surface area contributed by atoms with Crippen molar-refractivity contribution >= 4 is 34.8 Å². The molecule has 1 amide bonds. The van der Waals surface area contributed by atoms with Crippen LogP contribution >= 0.6 is 23.2 Å². The molecule has 1 aromatic carbocycles. The molecule has 0 aromatic heterocycles. The third-order valence-corrected chi connectivity index (χ3v) is 3.22. The first kappa shape index (κ1) is 17.1. The van der Waals surface area contributed by atoms with Crippen LogP contribution in [0.4, 0.5) is 18.9 Å². The summed E-state index contributed by atoms with van der Waals surface area (Å²) < 4.78 is 39.4. The highest BCUT2D eigenvalue weighted by atomic mass is 35.5. The molecule has 7 heteroatoms. The predicted octanol–water partition coefficient (Wildman–Crippen LogP) is 4.43. The van der Waals surface area contributed by atoms with E-state index < -0.39 is 23.5 Å². The van der Waals surface area contributed by atoms with E-state index in [9.17, 15) is 18.0 Å². The second-order valence-electron chi connectivity index (χ2n) is 4.14. The van der Waals surface area contributed by atoms with Crippen LogP contribution in [-0.2, 0) is 17.4 Å². The van der Waals surface area contributed by atoms with Gasteiger partial charge in [0.15, 0.2) is 0 Å². The van der Waals surface area contributed by atoms with E-state index in [1.54, 1.807) is 6.07 Å². The molecular formula is C13H14Cl2F3NO. The van der Waals surface area contributed by atoms with Crippen molar-refractivity contribution in [3.05, 3.63) is 29.3 Å². The normalized spacial score (nSPS) is 11.5. The molecule has 1 rings (SSSR count). The number of para-hydroxylation sites is 1. The topological polar surface area (TPSA) is 20.3 Å². The van der Waals surface area contributed by atoms with Crippen LogP contribution in [0.3, 0.4) is 0 Å². The summed E-state index contributed by atoms with van der Waals surface area (Å²) in [7, 11) is 0. The maximum Gasteiger partial charge on any atom is 0.418 e. The summed E-state index contributed by atoms with van der Waals surface area (Å²) in [4.78, 5) is 12.6. The molecule has 0 heterocycles. The highest BCUT2D eigenvalue weighted by Gasteiger charge is 2.36. The lowest BCUT2D eigenvalue weighted by atomic mass is 10.0. The van der Waals surface area contributed by atoms with Crippen molar-refractivity contribution in [2.75, 3.05) is 16.8 Å². The summed E-state index contributed by atoms with van der Waals surface area (Å²) in [6.07, 6.45) is -3.49. The molecule has 0 atom stereocenters. The second-order valence-corrected chi connectivity index (χ2v) is 4.64. The van der Waals surface area contributed by atoms with Crippen LogP contribution in [0.5, 0.6) is 0 Å². The molecule has 0 aliphatic rings. The molecule has 2 nitrogen and oxygen atoms in total. The molecule has 0 saturated heterocycles. The molecule has 0 bridgehead atoms. The number of hydrogen-bond acceptors (Lipinski definition) is 1. The first-order valence-corrected chi connectivity index (χ1v) is 7.05. The Morgan fingerprint density at radius 1 is 1.30 bits per heavy atom. The minimum Gasteiger partial charge on any atom is -0.296 e. The number of anilines is 1. The Morgan fingerprint density at radius 2 is 1.95 bits per heavy atom. The third-order valence-electron chi connectivity index (χ3n) is 2.75. The van der Waals surface area contributed by atoms with Gasteiger partial charge in [0.1, 0.15) is 11.9 Å². The predicted molar refractivity (Wildman–Crippen MR) is 74.4 cm³/mol. The van der Waals surface area contributed by atoms with Crippen LogP contribution < -0.4 is 4.90 Å². The van der Waals surface area contributed by atoms with Gasteiger partial charge < -0.3 is 0 Å². The summed E-state index contributed by atoms with van der Waals surface area (Å²) >= 11 is 11.1. The Balaban J connectivity index is 3.48. The summed E-state index contributed by atoms with van der Waals surface area (Å²) in [5.74, 6) is -1.08. The standard InChI is InChI=1S/C13H14Cl2F3NO/c1-2-4-9-5-3-6-10(13(16,17)18)12(9)19(8-15)11(20)7-14/h3,5-6H,2,4,7-8H2,1H3. The van der Waals surface area contributed by atoms with E-state index in [4.69, 9.17) is 23.2 Å². The number of rotatable bonds is 5. The van der Waals surface area contributed by atoms with Gasteiger partial charge in [-0.25, -0.2) is 0 Å². The van der Waals surface area contributed by atoms with E-state index in [2.05, 4.69) is 0 Å². The van der Waals surface area contributed by atoms with Gasteiger partial charge in [0, 0.05) is 0 Å². The molecule has 0 aliphatic heterocycles. The van der Waals surface area contributed by atoms with Gasteiger partial charge in [-0.05, 0) is 18.1 Å². The van der Waals surface area contributed by atoms with Gasteiger partial charge in [0.25, 0.3) is 0 Å². The summed E-state index contributed by atoms with van der Waals surface area (Å²) in [5, 5.41) is 0. The highest BCUT2D eigenvalue weighted by molar-refractivity contribution is 6.31. The Labute approximate surface area is 125 Å². The lowest BCUT2D eigenvalue weighted by Crippen LogP contribution is -2.33. The number of carbonyl (C=O) groups excluding carboxylic acids is 1. The molecule has 0 saturated carbocycles. The molecule has 112 valence electrons. The van der Waals surface area contributed by atoms with Gasteiger partial charge in [-0.3, -0.25) is 9.69 Å². The van der Waals surface area contributed by atoms with Crippen LogP contribution in [0.25, 0.3) is 0 Å². The molecular weight excluding hydrogens is 314 g/mol. The fourth-order valence-electron chi connectivity index (χ4n) is 1.93. The molecule has 0 unspecified atom stereocenters. The zero-order chi connectivity index (χ0) is 15.3. The molecule has 1 aromatic rings. The van der Waals surface area contributed by atoms with Gasteiger partial charge in [0.05, 0.1) is 11.3 Å². The van der Waals surface area contributed by atoms with Gasteiger partial charge in [-0.1, -0.05) is 25.5 Å². The molecule has 0 aliphatic carbocycles. The van der Waals surface area contributed by atoms with Crippen LogP contribution in [-0.4, -0.2) is 17.8 Å². The SMILES string of the molecule is CCCc1cccc(C(F)(F)F)c1N(CCl)C(=O)CCl. The van der Waals surface area contributed by atoms with Crippen molar-refractivity contribution in [2.24, 2.45) is 0 Å². The van der Waals surface area contributed by atoms with E-state index in [0.29, 0.717) is 18.4 Å². The van der Waals surface area contributed by atoms with Crippen LogP contribution in [0, 0.1) is 0 Å². The fourth-order valence-corrected chi connectivity index (χ4v) is 2.33. The van der Waals surface area contributed by atoms with Gasteiger partial charge >= 0.3 is 6.18 Å². The summed E-state index contributed by atoms with van der Waals surface area (Å²) in [5.41, 5.74) is -0.633. The van der Waals surface area contributed by atoms with Gasteiger partial charge in [0.2, 0.25) is 5.91 Å². The van der Waals surface area contributed by atoms with E-state index in [0.717, 1.165) is 11.0 Å². The third kappa shape index (κ3) is 3.79. The summed E-state index contributed by atoms with van der Waals surface area (Å²) in [6, 6.07) is 3.45. The maximum atomic E-state index is 13.1. The van der Waals surface area contributed by atoms with Crippen molar-refractivity contribution in [2.45, 2.75) is 25.9 Å². The minimum absolute atomic E-state index is 0.192. The lowest BCUT2D eigenvalue weighted by Gasteiger charge is -2.26. The fraction of sp³-hybridized carbons (Fsp3) is 0.462. The smallest absolute Gasteiger partial charge is 0.296 e. The monoisotopic (exact) mass is 327 g/mol.